The van der Waals surface area contributed by atoms with Gasteiger partial charge in [-0.3, -0.25) is 0 Å². The highest BCUT2D eigenvalue weighted by atomic mass is 16.6. The van der Waals surface area contributed by atoms with E-state index in [1.165, 1.54) is 0 Å². The molecule has 24 heavy (non-hydrogen) atoms. The van der Waals surface area contributed by atoms with E-state index in [2.05, 4.69) is 21.7 Å². The number of oxazole rings is 1. The predicted octanol–water partition coefficient (Wildman–Crippen LogP) is 3.01. The fourth-order valence-electron chi connectivity index (χ4n) is 1.86. The lowest BCUT2D eigenvalue weighted by atomic mass is 10.2. The Labute approximate surface area is 136 Å². The van der Waals surface area contributed by atoms with E-state index in [9.17, 15) is 4.79 Å². The SMILES string of the molecule is C=C(Cc1nc(-c2ccc(Oc3ncc(C)o3)cc2)no1)C(=O)O. The number of nitrogens with zero attached hydrogens (tertiary/aromatic N) is 3. The van der Waals surface area contributed by atoms with Crippen molar-refractivity contribution < 1.29 is 23.6 Å². The van der Waals surface area contributed by atoms with E-state index in [0.29, 0.717) is 22.9 Å². The van der Waals surface area contributed by atoms with Crippen molar-refractivity contribution in [3.8, 4) is 23.2 Å². The van der Waals surface area contributed by atoms with Crippen molar-refractivity contribution in [2.45, 2.75) is 13.3 Å². The Morgan fingerprint density at radius 1 is 1.33 bits per heavy atom. The molecule has 1 N–H and O–H groups in total. The number of carboxylic acids is 1. The van der Waals surface area contributed by atoms with Crippen LogP contribution in [0.4, 0.5) is 0 Å². The second-order valence-corrected chi connectivity index (χ2v) is 4.96. The molecule has 0 aliphatic carbocycles. The maximum atomic E-state index is 10.8. The maximum Gasteiger partial charge on any atom is 0.399 e. The Morgan fingerprint density at radius 3 is 2.71 bits per heavy atom. The summed E-state index contributed by atoms with van der Waals surface area (Å²) in [4.78, 5) is 18.9. The fraction of sp³-hybridized carbons (Fsp3) is 0.125. The first-order valence-electron chi connectivity index (χ1n) is 6.95. The molecule has 2 aromatic heterocycles. The molecule has 122 valence electrons. The number of benzene rings is 1. The minimum absolute atomic E-state index is 0.00690. The van der Waals surface area contributed by atoms with Gasteiger partial charge in [0.25, 0.3) is 0 Å². The largest absolute Gasteiger partial charge is 0.478 e. The van der Waals surface area contributed by atoms with Crippen molar-refractivity contribution in [3.63, 3.8) is 0 Å². The highest BCUT2D eigenvalue weighted by Crippen LogP contribution is 2.24. The molecule has 0 unspecified atom stereocenters. The first-order valence-corrected chi connectivity index (χ1v) is 6.95. The molecule has 2 heterocycles. The van der Waals surface area contributed by atoms with E-state index >= 15 is 0 Å². The van der Waals surface area contributed by atoms with Crippen LogP contribution in [0.15, 0.2) is 51.6 Å². The number of hydrogen-bond acceptors (Lipinski definition) is 7. The summed E-state index contributed by atoms with van der Waals surface area (Å²) in [7, 11) is 0. The molecule has 0 radical (unpaired) electrons. The smallest absolute Gasteiger partial charge is 0.399 e. The van der Waals surface area contributed by atoms with E-state index in [-0.39, 0.29) is 24.0 Å². The van der Waals surface area contributed by atoms with Gasteiger partial charge in [0, 0.05) is 11.1 Å². The minimum atomic E-state index is -1.10. The lowest BCUT2D eigenvalue weighted by Crippen LogP contribution is -2.02. The normalized spacial score (nSPS) is 10.5. The van der Waals surface area contributed by atoms with Crippen molar-refractivity contribution in [3.05, 3.63) is 54.3 Å². The highest BCUT2D eigenvalue weighted by Gasteiger charge is 2.13. The molecule has 0 atom stereocenters. The monoisotopic (exact) mass is 327 g/mol. The predicted molar refractivity (Wildman–Crippen MR) is 81.5 cm³/mol. The summed E-state index contributed by atoms with van der Waals surface area (Å²) >= 11 is 0. The zero-order valence-electron chi connectivity index (χ0n) is 12.7. The second-order valence-electron chi connectivity index (χ2n) is 4.96. The number of aryl methyl sites for hydroxylation is 1. The lowest BCUT2D eigenvalue weighted by molar-refractivity contribution is -0.132. The van der Waals surface area contributed by atoms with E-state index < -0.39 is 5.97 Å². The molecule has 0 amide bonds. The first kappa shape index (κ1) is 15.5. The number of ether oxygens (including phenoxy) is 1. The third kappa shape index (κ3) is 3.49. The van der Waals surface area contributed by atoms with Crippen molar-refractivity contribution in [1.29, 1.82) is 0 Å². The van der Waals surface area contributed by atoms with Gasteiger partial charge in [0.15, 0.2) is 0 Å². The molecule has 0 spiro atoms. The summed E-state index contributed by atoms with van der Waals surface area (Å²) in [6.45, 7) is 5.20. The Balaban J connectivity index is 1.70. The van der Waals surface area contributed by atoms with Crippen LogP contribution in [0.1, 0.15) is 11.7 Å². The zero-order chi connectivity index (χ0) is 17.1. The number of aromatic nitrogens is 3. The van der Waals surface area contributed by atoms with Crippen LogP contribution in [0.2, 0.25) is 0 Å². The summed E-state index contributed by atoms with van der Waals surface area (Å²) < 4.78 is 15.7. The molecule has 8 nitrogen and oxygen atoms in total. The van der Waals surface area contributed by atoms with Crippen molar-refractivity contribution >= 4 is 5.97 Å². The number of carboxylic acid groups (broad SMARTS) is 1. The Morgan fingerprint density at radius 2 is 2.08 bits per heavy atom. The van der Waals surface area contributed by atoms with Crippen LogP contribution in [0.5, 0.6) is 11.8 Å². The number of rotatable bonds is 6. The van der Waals surface area contributed by atoms with Gasteiger partial charge in [0.1, 0.15) is 11.5 Å². The van der Waals surface area contributed by atoms with Gasteiger partial charge in [-0.2, -0.15) is 9.97 Å². The molecule has 1 aromatic carbocycles. The summed E-state index contributed by atoms with van der Waals surface area (Å²) in [6.07, 6.45) is 1.72. The Kier molecular flexibility index (Phi) is 4.11. The van der Waals surface area contributed by atoms with E-state index in [0.717, 1.165) is 0 Å². The molecular weight excluding hydrogens is 314 g/mol. The second kappa shape index (κ2) is 6.37. The Hall–Kier alpha value is -3.42. The van der Waals surface area contributed by atoms with Gasteiger partial charge >= 0.3 is 12.0 Å². The van der Waals surface area contributed by atoms with Gasteiger partial charge in [-0.05, 0) is 31.2 Å². The van der Waals surface area contributed by atoms with Gasteiger partial charge in [0.2, 0.25) is 11.7 Å². The third-order valence-electron chi connectivity index (χ3n) is 3.05. The highest BCUT2D eigenvalue weighted by molar-refractivity contribution is 5.86. The van der Waals surface area contributed by atoms with Crippen LogP contribution in [-0.2, 0) is 11.2 Å². The molecular formula is C16H13N3O5. The minimum Gasteiger partial charge on any atom is -0.478 e. The van der Waals surface area contributed by atoms with Crippen LogP contribution < -0.4 is 4.74 Å². The molecule has 3 aromatic rings. The van der Waals surface area contributed by atoms with Crippen LogP contribution >= 0.6 is 0 Å². The quantitative estimate of drug-likeness (QED) is 0.688. The summed E-state index contributed by atoms with van der Waals surface area (Å²) in [5.74, 6) is 0.639. The molecule has 8 heteroatoms. The number of hydrogen-bond donors (Lipinski definition) is 1. The first-order chi connectivity index (χ1) is 11.5. The summed E-state index contributed by atoms with van der Waals surface area (Å²) in [5.41, 5.74) is 0.678. The van der Waals surface area contributed by atoms with E-state index in [1.54, 1.807) is 37.4 Å². The fourth-order valence-corrected chi connectivity index (χ4v) is 1.86. The maximum absolute atomic E-state index is 10.8. The molecule has 3 rings (SSSR count). The average Bonchev–Trinajstić information content (AvgIpc) is 3.17. The third-order valence-corrected chi connectivity index (χ3v) is 3.05. The van der Waals surface area contributed by atoms with Crippen LogP contribution in [-0.4, -0.2) is 26.2 Å². The molecule has 0 saturated carbocycles. The number of aliphatic carboxylic acids is 1. The van der Waals surface area contributed by atoms with Crippen LogP contribution in [0.25, 0.3) is 11.4 Å². The van der Waals surface area contributed by atoms with Gasteiger partial charge in [-0.15, -0.1) is 0 Å². The van der Waals surface area contributed by atoms with Crippen molar-refractivity contribution in [1.82, 2.24) is 15.1 Å². The van der Waals surface area contributed by atoms with Crippen LogP contribution in [0, 0.1) is 6.92 Å². The lowest BCUT2D eigenvalue weighted by Gasteiger charge is -2.01. The topological polar surface area (TPSA) is 111 Å². The molecule has 0 saturated heterocycles. The van der Waals surface area contributed by atoms with Crippen molar-refractivity contribution in [2.75, 3.05) is 0 Å². The van der Waals surface area contributed by atoms with Gasteiger partial charge in [0.05, 0.1) is 12.6 Å². The van der Waals surface area contributed by atoms with Crippen molar-refractivity contribution in [2.24, 2.45) is 0 Å². The summed E-state index contributed by atoms with van der Waals surface area (Å²) in [6, 6.07) is 6.90. The molecule has 0 bridgehead atoms. The van der Waals surface area contributed by atoms with Gasteiger partial charge in [-0.25, -0.2) is 4.79 Å². The molecule has 0 aliphatic heterocycles. The molecule has 0 fully saturated rings. The zero-order valence-corrected chi connectivity index (χ0v) is 12.7. The van der Waals surface area contributed by atoms with Gasteiger partial charge < -0.3 is 18.8 Å². The average molecular weight is 327 g/mol. The summed E-state index contributed by atoms with van der Waals surface area (Å²) in [5, 5.41) is 12.6. The Bertz CT molecular complexity index is 879. The van der Waals surface area contributed by atoms with E-state index in [1.807, 2.05) is 0 Å². The van der Waals surface area contributed by atoms with E-state index in [4.69, 9.17) is 18.8 Å². The number of carbonyl (C=O) groups is 1. The standard InChI is InChI=1S/C16H13N3O5/c1-9(15(20)21)7-13-18-14(19-24-13)11-3-5-12(6-4-11)23-16-17-8-10(2)22-16/h3-6,8H,1,7H2,2H3,(H,20,21). The van der Waals surface area contributed by atoms with Crippen LogP contribution in [0.3, 0.4) is 0 Å². The van der Waals surface area contributed by atoms with Gasteiger partial charge in [-0.1, -0.05) is 11.7 Å². The molecule has 0 aliphatic rings.